The molecule has 144 valence electrons. The van der Waals surface area contributed by atoms with Gasteiger partial charge in [-0.05, 0) is 31.4 Å². The molecule has 1 aromatic heterocycles. The minimum Gasteiger partial charge on any atom is -0.381 e. The quantitative estimate of drug-likeness (QED) is 0.737. The standard InChI is InChI=1S/C22H23N3O3/c1-16-6-5-7-17(14-16)20-24-19(28-25-20)15-23-21(26)22(10-12-27-13-11-22)18-8-3-2-4-9-18/h2-9,14H,10-13,15H2,1H3,(H,23,26). The molecule has 1 fully saturated rings. The third-order valence-corrected chi connectivity index (χ3v) is 5.25. The zero-order chi connectivity index (χ0) is 19.4. The molecule has 0 saturated carbocycles. The van der Waals surface area contributed by atoms with Gasteiger partial charge in [-0.1, -0.05) is 59.3 Å². The fourth-order valence-electron chi connectivity index (χ4n) is 3.68. The van der Waals surface area contributed by atoms with Crippen LogP contribution in [-0.4, -0.2) is 29.3 Å². The number of carbonyl (C=O) groups is 1. The normalized spacial score (nSPS) is 15.9. The lowest BCUT2D eigenvalue weighted by molar-refractivity contribution is -0.130. The molecule has 4 rings (SSSR count). The van der Waals surface area contributed by atoms with Crippen molar-refractivity contribution in [3.05, 3.63) is 71.6 Å². The van der Waals surface area contributed by atoms with Crippen molar-refractivity contribution < 1.29 is 14.1 Å². The van der Waals surface area contributed by atoms with E-state index in [1.165, 1.54) is 0 Å². The van der Waals surface area contributed by atoms with Crippen molar-refractivity contribution in [2.24, 2.45) is 0 Å². The van der Waals surface area contributed by atoms with Gasteiger partial charge in [-0.15, -0.1) is 0 Å². The number of carbonyl (C=O) groups excluding carboxylic acids is 1. The number of aryl methyl sites for hydroxylation is 1. The molecule has 3 aromatic rings. The van der Waals surface area contributed by atoms with Crippen LogP contribution in [0.5, 0.6) is 0 Å². The SMILES string of the molecule is Cc1cccc(-c2noc(CNC(=O)C3(c4ccccc4)CCOCC3)n2)c1. The highest BCUT2D eigenvalue weighted by Crippen LogP contribution is 2.35. The lowest BCUT2D eigenvalue weighted by atomic mass is 9.73. The first-order valence-electron chi connectivity index (χ1n) is 9.49. The number of aromatic nitrogens is 2. The summed E-state index contributed by atoms with van der Waals surface area (Å²) < 4.78 is 10.8. The first-order valence-corrected chi connectivity index (χ1v) is 9.49. The zero-order valence-corrected chi connectivity index (χ0v) is 15.9. The van der Waals surface area contributed by atoms with Crippen molar-refractivity contribution in [3.63, 3.8) is 0 Å². The lowest BCUT2D eigenvalue weighted by Gasteiger charge is -2.36. The van der Waals surface area contributed by atoms with Gasteiger partial charge in [-0.25, -0.2) is 0 Å². The van der Waals surface area contributed by atoms with Crippen LogP contribution in [0.15, 0.2) is 59.1 Å². The number of nitrogens with zero attached hydrogens (tertiary/aromatic N) is 2. The van der Waals surface area contributed by atoms with Gasteiger partial charge in [0.15, 0.2) is 0 Å². The minimum atomic E-state index is -0.584. The molecule has 1 aliphatic heterocycles. The van der Waals surface area contributed by atoms with Crippen molar-refractivity contribution in [2.75, 3.05) is 13.2 Å². The van der Waals surface area contributed by atoms with E-state index in [0.717, 1.165) is 16.7 Å². The van der Waals surface area contributed by atoms with Gasteiger partial charge >= 0.3 is 0 Å². The van der Waals surface area contributed by atoms with E-state index in [2.05, 4.69) is 15.5 Å². The fourth-order valence-corrected chi connectivity index (χ4v) is 3.68. The predicted octanol–water partition coefficient (Wildman–Crippen LogP) is 3.41. The number of amides is 1. The maximum atomic E-state index is 13.2. The Balaban J connectivity index is 1.49. The molecular weight excluding hydrogens is 354 g/mol. The van der Waals surface area contributed by atoms with Gasteiger partial charge in [0, 0.05) is 18.8 Å². The molecule has 6 heteroatoms. The van der Waals surface area contributed by atoms with E-state index in [1.54, 1.807) is 0 Å². The molecule has 0 radical (unpaired) electrons. The second-order valence-electron chi connectivity index (χ2n) is 7.12. The lowest BCUT2D eigenvalue weighted by Crippen LogP contribution is -2.47. The first-order chi connectivity index (χ1) is 13.7. The minimum absolute atomic E-state index is 0.0303. The maximum absolute atomic E-state index is 13.2. The van der Waals surface area contributed by atoms with Crippen LogP contribution in [0, 0.1) is 6.92 Å². The Morgan fingerprint density at radius 2 is 1.89 bits per heavy atom. The molecular formula is C22H23N3O3. The molecule has 0 bridgehead atoms. The molecule has 0 unspecified atom stereocenters. The van der Waals surface area contributed by atoms with Crippen LogP contribution in [0.4, 0.5) is 0 Å². The van der Waals surface area contributed by atoms with Gasteiger partial charge in [0.05, 0.1) is 12.0 Å². The molecule has 1 saturated heterocycles. The van der Waals surface area contributed by atoms with Gasteiger partial charge in [-0.2, -0.15) is 4.98 Å². The van der Waals surface area contributed by atoms with Gasteiger partial charge in [-0.3, -0.25) is 4.79 Å². The van der Waals surface area contributed by atoms with E-state index in [9.17, 15) is 4.79 Å². The Morgan fingerprint density at radius 1 is 1.11 bits per heavy atom. The Morgan fingerprint density at radius 3 is 2.64 bits per heavy atom. The summed E-state index contributed by atoms with van der Waals surface area (Å²) in [6.07, 6.45) is 1.31. The van der Waals surface area contributed by atoms with Crippen LogP contribution in [0.2, 0.25) is 0 Å². The van der Waals surface area contributed by atoms with Gasteiger partial charge < -0.3 is 14.6 Å². The second kappa shape index (κ2) is 7.94. The van der Waals surface area contributed by atoms with Crippen LogP contribution >= 0.6 is 0 Å². The second-order valence-corrected chi connectivity index (χ2v) is 7.12. The van der Waals surface area contributed by atoms with Crippen molar-refractivity contribution in [2.45, 2.75) is 31.7 Å². The summed E-state index contributed by atoms with van der Waals surface area (Å²) in [5.74, 6) is 0.884. The summed E-state index contributed by atoms with van der Waals surface area (Å²) >= 11 is 0. The van der Waals surface area contributed by atoms with E-state index in [0.29, 0.717) is 37.8 Å². The third-order valence-electron chi connectivity index (χ3n) is 5.25. The maximum Gasteiger partial charge on any atom is 0.246 e. The highest BCUT2D eigenvalue weighted by atomic mass is 16.5. The highest BCUT2D eigenvalue weighted by molar-refractivity contribution is 5.88. The van der Waals surface area contributed by atoms with Gasteiger partial charge in [0.1, 0.15) is 0 Å². The molecule has 1 aliphatic rings. The largest absolute Gasteiger partial charge is 0.381 e. The summed E-state index contributed by atoms with van der Waals surface area (Å²) in [4.78, 5) is 17.6. The number of hydrogen-bond donors (Lipinski definition) is 1. The number of ether oxygens (including phenoxy) is 1. The molecule has 0 aliphatic carbocycles. The fraction of sp³-hybridized carbons (Fsp3) is 0.318. The molecule has 1 N–H and O–H groups in total. The van der Waals surface area contributed by atoms with Crippen molar-refractivity contribution in [1.82, 2.24) is 15.5 Å². The van der Waals surface area contributed by atoms with E-state index < -0.39 is 5.41 Å². The Hall–Kier alpha value is -2.99. The zero-order valence-electron chi connectivity index (χ0n) is 15.9. The van der Waals surface area contributed by atoms with Crippen LogP contribution < -0.4 is 5.32 Å². The van der Waals surface area contributed by atoms with Crippen molar-refractivity contribution in [3.8, 4) is 11.4 Å². The van der Waals surface area contributed by atoms with Crippen molar-refractivity contribution >= 4 is 5.91 Å². The predicted molar refractivity (Wildman–Crippen MR) is 104 cm³/mol. The topological polar surface area (TPSA) is 77.2 Å². The number of benzene rings is 2. The molecule has 1 amide bonds. The number of hydrogen-bond acceptors (Lipinski definition) is 5. The summed E-state index contributed by atoms with van der Waals surface area (Å²) in [6, 6.07) is 17.8. The highest BCUT2D eigenvalue weighted by Gasteiger charge is 2.41. The summed E-state index contributed by atoms with van der Waals surface area (Å²) in [6.45, 7) is 3.36. The summed E-state index contributed by atoms with van der Waals surface area (Å²) in [7, 11) is 0. The molecule has 6 nitrogen and oxygen atoms in total. The smallest absolute Gasteiger partial charge is 0.246 e. The third kappa shape index (κ3) is 3.68. The van der Waals surface area contributed by atoms with Crippen LogP contribution in [0.3, 0.4) is 0 Å². The molecule has 0 spiro atoms. The van der Waals surface area contributed by atoms with Crippen LogP contribution in [0.1, 0.15) is 29.9 Å². The van der Waals surface area contributed by atoms with Crippen molar-refractivity contribution in [1.29, 1.82) is 0 Å². The van der Waals surface area contributed by atoms with E-state index in [4.69, 9.17) is 9.26 Å². The number of nitrogens with one attached hydrogen (secondary N) is 1. The molecule has 2 heterocycles. The Kier molecular flexibility index (Phi) is 5.21. The van der Waals surface area contributed by atoms with Gasteiger partial charge in [0.25, 0.3) is 0 Å². The first kappa shape index (κ1) is 18.4. The summed E-state index contributed by atoms with van der Waals surface area (Å²) in [5.41, 5.74) is 2.45. The molecule has 28 heavy (non-hydrogen) atoms. The van der Waals surface area contributed by atoms with E-state index >= 15 is 0 Å². The van der Waals surface area contributed by atoms with E-state index in [1.807, 2.05) is 61.5 Å². The molecule has 0 atom stereocenters. The summed E-state index contributed by atoms with van der Waals surface area (Å²) in [5, 5.41) is 7.03. The van der Waals surface area contributed by atoms with E-state index in [-0.39, 0.29) is 12.5 Å². The monoisotopic (exact) mass is 377 g/mol. The molecule has 2 aromatic carbocycles. The number of rotatable bonds is 5. The Labute approximate surface area is 163 Å². The van der Waals surface area contributed by atoms with Gasteiger partial charge in [0.2, 0.25) is 17.6 Å². The van der Waals surface area contributed by atoms with Crippen LogP contribution in [0.25, 0.3) is 11.4 Å². The van der Waals surface area contributed by atoms with Crippen LogP contribution in [-0.2, 0) is 21.5 Å². The average Bonchev–Trinajstić information content (AvgIpc) is 3.22. The Bertz CT molecular complexity index is 946. The average molecular weight is 377 g/mol.